The number of benzene rings is 2. The molecule has 0 radical (unpaired) electrons. The van der Waals surface area contributed by atoms with Crippen molar-refractivity contribution in [1.82, 2.24) is 0 Å². The van der Waals surface area contributed by atoms with E-state index in [9.17, 15) is 4.79 Å². The van der Waals surface area contributed by atoms with Crippen LogP contribution in [0.3, 0.4) is 0 Å². The molecule has 2 nitrogen and oxygen atoms in total. The van der Waals surface area contributed by atoms with Crippen LogP contribution in [0.1, 0.15) is 23.6 Å². The summed E-state index contributed by atoms with van der Waals surface area (Å²) in [5.74, 6) is 0.334. The summed E-state index contributed by atoms with van der Waals surface area (Å²) in [6.45, 7) is 7.92. The van der Waals surface area contributed by atoms with Crippen LogP contribution in [0.2, 0.25) is 0 Å². The second-order valence-electron chi connectivity index (χ2n) is 4.85. The van der Waals surface area contributed by atoms with Crippen LogP contribution >= 0.6 is 0 Å². The first-order valence-corrected chi connectivity index (χ1v) is 8.62. The number of halogens is 1. The summed E-state index contributed by atoms with van der Waals surface area (Å²) in [4.78, 5) is 10.9. The number of esters is 1. The van der Waals surface area contributed by atoms with Gasteiger partial charge in [-0.3, -0.25) is 4.79 Å². The van der Waals surface area contributed by atoms with Gasteiger partial charge in [0.05, 0.1) is 0 Å². The Morgan fingerprint density at radius 1 is 1.00 bits per heavy atom. The van der Waals surface area contributed by atoms with Gasteiger partial charge in [-0.2, -0.15) is 0 Å². The maximum atomic E-state index is 10.9. The number of ether oxygens (including phenoxy) is 1. The first kappa shape index (κ1) is 15.0. The Labute approximate surface area is 130 Å². The first-order chi connectivity index (χ1) is 9.45. The van der Waals surface area contributed by atoms with Crippen LogP contribution in [0.5, 0.6) is 5.75 Å². The molecule has 0 aliphatic rings. The maximum Gasteiger partial charge on any atom is 0.358 e. The van der Waals surface area contributed by atoms with Gasteiger partial charge in [-0.1, -0.05) is 17.7 Å². The number of hydrogen-bond donors (Lipinski definition) is 0. The number of hydrogen-bond acceptors (Lipinski definition) is 2. The molecule has 0 aromatic heterocycles. The minimum atomic E-state index is -0.280. The van der Waals surface area contributed by atoms with Crippen LogP contribution in [0.15, 0.2) is 36.4 Å². The predicted octanol–water partition coefficient (Wildman–Crippen LogP) is 0.666. The highest BCUT2D eigenvalue weighted by atomic mass is 127. The molecule has 0 atom stereocenters. The molecule has 0 amide bonds. The van der Waals surface area contributed by atoms with Crippen LogP contribution in [0.4, 0.5) is 0 Å². The molecule has 0 unspecified atom stereocenters. The molecule has 3 heteroatoms. The van der Waals surface area contributed by atoms with Crippen LogP contribution in [-0.2, 0) is 4.79 Å². The highest BCUT2D eigenvalue weighted by Gasteiger charge is 2.21. The van der Waals surface area contributed by atoms with E-state index >= 15 is 0 Å². The lowest BCUT2D eigenvalue weighted by atomic mass is 10.1. The Bertz CT molecular complexity index is 607. The zero-order valence-corrected chi connectivity index (χ0v) is 14.3. The molecule has 0 N–H and O–H groups in total. The van der Waals surface area contributed by atoms with Gasteiger partial charge in [-0.15, -0.1) is 0 Å². The van der Waals surface area contributed by atoms with Gasteiger partial charge in [-0.05, 0) is 45.0 Å². The van der Waals surface area contributed by atoms with Crippen molar-refractivity contribution in [1.29, 1.82) is 0 Å². The zero-order chi connectivity index (χ0) is 14.7. The molecule has 0 aliphatic carbocycles. The zero-order valence-electron chi connectivity index (χ0n) is 12.2. The number of carbonyl (C=O) groups is 1. The largest absolute Gasteiger partial charge is 0.427 e. The SMILES string of the molecule is CC(=O)Oc1ccc([I+]c2c(C)cc(C)cc2C)cc1. The van der Waals surface area contributed by atoms with Crippen molar-refractivity contribution in [3.63, 3.8) is 0 Å². The van der Waals surface area contributed by atoms with Crippen molar-refractivity contribution >= 4 is 5.97 Å². The van der Waals surface area contributed by atoms with Gasteiger partial charge in [0.1, 0.15) is 5.75 Å². The predicted molar refractivity (Wildman–Crippen MR) is 75.8 cm³/mol. The van der Waals surface area contributed by atoms with Crippen molar-refractivity contribution in [2.24, 2.45) is 0 Å². The number of rotatable bonds is 3. The second kappa shape index (κ2) is 6.39. The Morgan fingerprint density at radius 3 is 2.05 bits per heavy atom. The molecule has 0 saturated carbocycles. The van der Waals surface area contributed by atoms with Gasteiger partial charge < -0.3 is 4.74 Å². The van der Waals surface area contributed by atoms with Crippen LogP contribution < -0.4 is 25.9 Å². The van der Waals surface area contributed by atoms with Crippen LogP contribution in [0, 0.1) is 27.9 Å². The maximum absolute atomic E-state index is 10.9. The van der Waals surface area contributed by atoms with E-state index in [0.29, 0.717) is 5.75 Å². The van der Waals surface area contributed by atoms with E-state index in [4.69, 9.17) is 4.74 Å². The fraction of sp³-hybridized carbons (Fsp3) is 0.235. The summed E-state index contributed by atoms with van der Waals surface area (Å²) in [6.07, 6.45) is 0. The van der Waals surface area contributed by atoms with Crippen molar-refractivity contribution in [3.8, 4) is 5.75 Å². The van der Waals surface area contributed by atoms with E-state index in [-0.39, 0.29) is 27.2 Å². The minimum Gasteiger partial charge on any atom is -0.427 e. The Hall–Kier alpha value is -1.36. The lowest BCUT2D eigenvalue weighted by molar-refractivity contribution is -0.598. The van der Waals surface area contributed by atoms with Gasteiger partial charge in [0.2, 0.25) is 0 Å². The highest BCUT2D eigenvalue weighted by molar-refractivity contribution is 5.69. The number of carbonyl (C=O) groups excluding carboxylic acids is 1. The Morgan fingerprint density at radius 2 is 1.55 bits per heavy atom. The summed E-state index contributed by atoms with van der Waals surface area (Å²) in [7, 11) is 0. The van der Waals surface area contributed by atoms with E-state index in [0.717, 1.165) is 0 Å². The molecule has 0 spiro atoms. The summed E-state index contributed by atoms with van der Waals surface area (Å²) in [5, 5.41) is 0. The third-order valence-corrected chi connectivity index (χ3v) is 6.44. The molecular weight excluding hydrogens is 363 g/mol. The fourth-order valence-electron chi connectivity index (χ4n) is 2.15. The van der Waals surface area contributed by atoms with E-state index in [1.165, 1.54) is 30.8 Å². The second-order valence-corrected chi connectivity index (χ2v) is 7.72. The molecule has 2 aromatic rings. The third kappa shape index (κ3) is 3.82. The van der Waals surface area contributed by atoms with E-state index in [1.807, 2.05) is 12.1 Å². The van der Waals surface area contributed by atoms with E-state index in [2.05, 4.69) is 45.0 Å². The van der Waals surface area contributed by atoms with Gasteiger partial charge in [0.15, 0.2) is 7.14 Å². The lowest BCUT2D eigenvalue weighted by Crippen LogP contribution is -3.62. The highest BCUT2D eigenvalue weighted by Crippen LogP contribution is 2.09. The Balaban J connectivity index is 2.20. The molecule has 0 saturated heterocycles. The minimum absolute atomic E-state index is 0.202. The molecular formula is C17H18IO2+. The summed E-state index contributed by atoms with van der Waals surface area (Å²) in [5.41, 5.74) is 4.07. The molecule has 2 aromatic carbocycles. The van der Waals surface area contributed by atoms with Crippen molar-refractivity contribution in [2.45, 2.75) is 27.7 Å². The smallest absolute Gasteiger partial charge is 0.358 e. The normalized spacial score (nSPS) is 10.4. The molecule has 2 rings (SSSR count). The van der Waals surface area contributed by atoms with Gasteiger partial charge in [0, 0.05) is 18.1 Å². The fourth-order valence-corrected chi connectivity index (χ4v) is 4.66. The average Bonchev–Trinajstić information content (AvgIpc) is 2.35. The van der Waals surface area contributed by atoms with Crippen molar-refractivity contribution in [3.05, 3.63) is 60.2 Å². The monoisotopic (exact) mass is 381 g/mol. The lowest BCUT2D eigenvalue weighted by Gasteiger charge is -2.01. The topological polar surface area (TPSA) is 26.3 Å². The van der Waals surface area contributed by atoms with E-state index < -0.39 is 0 Å². The van der Waals surface area contributed by atoms with Gasteiger partial charge >= 0.3 is 27.2 Å². The van der Waals surface area contributed by atoms with Gasteiger partial charge in [-0.25, -0.2) is 0 Å². The summed E-state index contributed by atoms with van der Waals surface area (Å²) < 4.78 is 7.87. The van der Waals surface area contributed by atoms with E-state index in [1.54, 1.807) is 0 Å². The summed E-state index contributed by atoms with van der Waals surface area (Å²) in [6, 6.07) is 12.4. The Kier molecular flexibility index (Phi) is 4.81. The molecule has 0 heterocycles. The van der Waals surface area contributed by atoms with Crippen molar-refractivity contribution < 1.29 is 30.7 Å². The quantitative estimate of drug-likeness (QED) is 0.444. The third-order valence-electron chi connectivity index (χ3n) is 2.86. The van der Waals surface area contributed by atoms with Gasteiger partial charge in [0.25, 0.3) is 0 Å². The number of aryl methyl sites for hydroxylation is 3. The molecule has 0 fully saturated rings. The molecule has 0 bridgehead atoms. The van der Waals surface area contributed by atoms with Crippen molar-refractivity contribution in [2.75, 3.05) is 0 Å². The van der Waals surface area contributed by atoms with Crippen LogP contribution in [0.25, 0.3) is 0 Å². The first-order valence-electron chi connectivity index (χ1n) is 6.47. The molecule has 0 aliphatic heterocycles. The summed E-state index contributed by atoms with van der Waals surface area (Å²) >= 11 is -0.202. The van der Waals surface area contributed by atoms with Crippen LogP contribution in [-0.4, -0.2) is 5.97 Å². The molecule has 20 heavy (non-hydrogen) atoms. The standard InChI is InChI=1S/C17H18IO2/c1-11-9-12(2)17(13(3)10-11)18-15-5-7-16(8-6-15)20-14(4)19/h5-10H,1-4H3/q+1. The average molecular weight is 381 g/mol. The molecule has 104 valence electrons.